The zero-order chi connectivity index (χ0) is 14.4. The molecule has 2 aliphatic rings. The number of rotatable bonds is 4. The molecule has 0 radical (unpaired) electrons. The lowest BCUT2D eigenvalue weighted by Crippen LogP contribution is -2.41. The lowest BCUT2D eigenvalue weighted by molar-refractivity contribution is 0.00578. The minimum Gasteiger partial charge on any atom is -0.493 e. The standard InChI is InChI=1S/C16H23BO3/c1-15(2)16(3,4)20-17(19-15)13-6-5-7-14(10-13)18-11-12-8-9-12/h5-7,10,12H,8-9,11H2,1-4H3. The minimum absolute atomic E-state index is 0.303. The Balaban J connectivity index is 1.72. The first-order chi connectivity index (χ1) is 9.37. The fourth-order valence-electron chi connectivity index (χ4n) is 2.23. The largest absolute Gasteiger partial charge is 0.494 e. The van der Waals surface area contributed by atoms with E-state index in [0.717, 1.165) is 23.7 Å². The van der Waals surface area contributed by atoms with Gasteiger partial charge in [0, 0.05) is 0 Å². The quantitative estimate of drug-likeness (QED) is 0.790. The molecule has 0 bridgehead atoms. The van der Waals surface area contributed by atoms with Crippen molar-refractivity contribution >= 4 is 12.6 Å². The molecule has 4 heteroatoms. The van der Waals surface area contributed by atoms with Crippen molar-refractivity contribution in [2.75, 3.05) is 6.61 Å². The fourth-order valence-corrected chi connectivity index (χ4v) is 2.23. The molecule has 0 amide bonds. The van der Waals surface area contributed by atoms with Gasteiger partial charge < -0.3 is 14.0 Å². The number of hydrogen-bond donors (Lipinski definition) is 0. The Labute approximate surface area is 121 Å². The molecule has 0 aromatic heterocycles. The summed E-state index contributed by atoms with van der Waals surface area (Å²) in [6.45, 7) is 9.11. The Morgan fingerprint density at radius 2 is 1.80 bits per heavy atom. The van der Waals surface area contributed by atoms with Crippen LogP contribution in [0.2, 0.25) is 0 Å². The van der Waals surface area contributed by atoms with Crippen LogP contribution in [0.5, 0.6) is 5.75 Å². The summed E-state index contributed by atoms with van der Waals surface area (Å²) in [6, 6.07) is 8.07. The summed E-state index contributed by atoms with van der Waals surface area (Å²) in [4.78, 5) is 0. The lowest BCUT2D eigenvalue weighted by atomic mass is 9.79. The smallest absolute Gasteiger partial charge is 0.493 e. The monoisotopic (exact) mass is 274 g/mol. The van der Waals surface area contributed by atoms with Crippen molar-refractivity contribution in [2.45, 2.75) is 51.7 Å². The molecule has 108 valence electrons. The SMILES string of the molecule is CC1(C)OB(c2cccc(OCC3CC3)c2)OC1(C)C. The summed E-state index contributed by atoms with van der Waals surface area (Å²) in [5.41, 5.74) is 0.419. The number of hydrogen-bond acceptors (Lipinski definition) is 3. The van der Waals surface area contributed by atoms with Gasteiger partial charge in [0.05, 0.1) is 17.8 Å². The third-order valence-corrected chi connectivity index (χ3v) is 4.57. The zero-order valence-corrected chi connectivity index (χ0v) is 12.8. The van der Waals surface area contributed by atoms with Crippen LogP contribution in [-0.2, 0) is 9.31 Å². The third-order valence-electron chi connectivity index (χ3n) is 4.57. The van der Waals surface area contributed by atoms with Crippen LogP contribution in [0, 0.1) is 5.92 Å². The van der Waals surface area contributed by atoms with Gasteiger partial charge in [0.1, 0.15) is 5.75 Å². The highest BCUT2D eigenvalue weighted by molar-refractivity contribution is 6.62. The normalized spacial score (nSPS) is 23.9. The summed E-state index contributed by atoms with van der Waals surface area (Å²) < 4.78 is 18.0. The van der Waals surface area contributed by atoms with Gasteiger partial charge in [-0.2, -0.15) is 0 Å². The predicted molar refractivity (Wildman–Crippen MR) is 80.4 cm³/mol. The average molecular weight is 274 g/mol. The predicted octanol–water partition coefficient (Wildman–Crippen LogP) is 2.77. The van der Waals surface area contributed by atoms with Gasteiger partial charge in [0.25, 0.3) is 0 Å². The van der Waals surface area contributed by atoms with Gasteiger partial charge in [-0.15, -0.1) is 0 Å². The van der Waals surface area contributed by atoms with Gasteiger partial charge in [0.2, 0.25) is 0 Å². The van der Waals surface area contributed by atoms with Crippen molar-refractivity contribution in [1.29, 1.82) is 0 Å². The first-order valence-corrected chi connectivity index (χ1v) is 7.46. The maximum Gasteiger partial charge on any atom is 0.494 e. The van der Waals surface area contributed by atoms with Crippen LogP contribution in [0.3, 0.4) is 0 Å². The topological polar surface area (TPSA) is 27.7 Å². The third kappa shape index (κ3) is 2.72. The molecule has 1 aliphatic carbocycles. The minimum atomic E-state index is -0.315. The highest BCUT2D eigenvalue weighted by Crippen LogP contribution is 2.36. The van der Waals surface area contributed by atoms with Crippen LogP contribution in [0.4, 0.5) is 0 Å². The number of ether oxygens (including phenoxy) is 1. The molecule has 1 aliphatic heterocycles. The molecule has 3 nitrogen and oxygen atoms in total. The second-order valence-electron chi connectivity index (χ2n) is 6.92. The molecule has 0 atom stereocenters. The van der Waals surface area contributed by atoms with E-state index in [1.807, 2.05) is 24.3 Å². The average Bonchev–Trinajstić information content (AvgIpc) is 3.15. The Hall–Kier alpha value is -0.995. The zero-order valence-electron chi connectivity index (χ0n) is 12.8. The second-order valence-corrected chi connectivity index (χ2v) is 6.92. The van der Waals surface area contributed by atoms with Crippen LogP contribution < -0.4 is 10.2 Å². The fraction of sp³-hybridized carbons (Fsp3) is 0.625. The van der Waals surface area contributed by atoms with E-state index >= 15 is 0 Å². The highest BCUT2D eigenvalue weighted by Gasteiger charge is 2.51. The van der Waals surface area contributed by atoms with Crippen LogP contribution in [0.1, 0.15) is 40.5 Å². The molecule has 3 rings (SSSR count). The number of benzene rings is 1. The van der Waals surface area contributed by atoms with E-state index in [2.05, 4.69) is 27.7 Å². The Morgan fingerprint density at radius 1 is 1.15 bits per heavy atom. The maximum absolute atomic E-state index is 6.07. The van der Waals surface area contributed by atoms with E-state index in [-0.39, 0.29) is 18.3 Å². The van der Waals surface area contributed by atoms with E-state index in [4.69, 9.17) is 14.0 Å². The molecule has 20 heavy (non-hydrogen) atoms. The van der Waals surface area contributed by atoms with Crippen molar-refractivity contribution in [3.63, 3.8) is 0 Å². The Bertz CT molecular complexity index is 478. The highest BCUT2D eigenvalue weighted by atomic mass is 16.7. The van der Waals surface area contributed by atoms with Crippen molar-refractivity contribution in [3.8, 4) is 5.75 Å². The Morgan fingerprint density at radius 3 is 2.40 bits per heavy atom. The van der Waals surface area contributed by atoms with Crippen LogP contribution in [-0.4, -0.2) is 24.9 Å². The van der Waals surface area contributed by atoms with E-state index < -0.39 is 0 Å². The van der Waals surface area contributed by atoms with Gasteiger partial charge in [-0.3, -0.25) is 0 Å². The van der Waals surface area contributed by atoms with E-state index in [0.29, 0.717) is 0 Å². The van der Waals surface area contributed by atoms with Gasteiger partial charge in [-0.1, -0.05) is 12.1 Å². The van der Waals surface area contributed by atoms with Crippen molar-refractivity contribution in [1.82, 2.24) is 0 Å². The molecule has 0 unspecified atom stereocenters. The van der Waals surface area contributed by atoms with Gasteiger partial charge >= 0.3 is 7.12 Å². The molecule has 1 aromatic carbocycles. The molecular formula is C16H23BO3. The molecule has 1 heterocycles. The summed E-state index contributed by atoms with van der Waals surface area (Å²) in [5.74, 6) is 1.67. The van der Waals surface area contributed by atoms with Crippen molar-refractivity contribution in [3.05, 3.63) is 24.3 Å². The summed E-state index contributed by atoms with van der Waals surface area (Å²) in [5, 5.41) is 0. The summed E-state index contributed by atoms with van der Waals surface area (Å²) in [6.07, 6.45) is 2.60. The van der Waals surface area contributed by atoms with E-state index in [1.54, 1.807) is 0 Å². The van der Waals surface area contributed by atoms with E-state index in [1.165, 1.54) is 12.8 Å². The van der Waals surface area contributed by atoms with Crippen LogP contribution >= 0.6 is 0 Å². The molecule has 1 saturated carbocycles. The van der Waals surface area contributed by atoms with Gasteiger partial charge in [-0.05, 0) is 64.1 Å². The summed E-state index contributed by atoms with van der Waals surface area (Å²) in [7, 11) is -0.315. The van der Waals surface area contributed by atoms with Crippen molar-refractivity contribution in [2.24, 2.45) is 5.92 Å². The van der Waals surface area contributed by atoms with Gasteiger partial charge in [-0.25, -0.2) is 0 Å². The summed E-state index contributed by atoms with van der Waals surface area (Å²) >= 11 is 0. The molecule has 0 spiro atoms. The first-order valence-electron chi connectivity index (χ1n) is 7.46. The molecule has 1 saturated heterocycles. The molecule has 0 N–H and O–H groups in total. The van der Waals surface area contributed by atoms with Crippen LogP contribution in [0.25, 0.3) is 0 Å². The van der Waals surface area contributed by atoms with E-state index in [9.17, 15) is 0 Å². The van der Waals surface area contributed by atoms with Crippen molar-refractivity contribution < 1.29 is 14.0 Å². The maximum atomic E-state index is 6.07. The lowest BCUT2D eigenvalue weighted by Gasteiger charge is -2.32. The van der Waals surface area contributed by atoms with Gasteiger partial charge in [0.15, 0.2) is 0 Å². The molecule has 1 aromatic rings. The molecule has 2 fully saturated rings. The first kappa shape index (κ1) is 14.0. The second kappa shape index (κ2) is 4.78. The van der Waals surface area contributed by atoms with Crippen LogP contribution in [0.15, 0.2) is 24.3 Å². The Kier molecular flexibility index (Phi) is 3.34. The molecular weight excluding hydrogens is 251 g/mol.